The van der Waals surface area contributed by atoms with E-state index in [-0.39, 0.29) is 5.56 Å². The summed E-state index contributed by atoms with van der Waals surface area (Å²) in [7, 11) is 1.23. The predicted molar refractivity (Wildman–Crippen MR) is 78.8 cm³/mol. The monoisotopic (exact) mass is 310 g/mol. The number of ether oxygens (including phenoxy) is 1. The van der Waals surface area contributed by atoms with Crippen molar-refractivity contribution in [2.45, 2.75) is 10.6 Å². The molecule has 0 radical (unpaired) electrons. The van der Waals surface area contributed by atoms with Crippen LogP contribution in [0.3, 0.4) is 0 Å². The second-order valence-electron chi connectivity index (χ2n) is 4.05. The molecule has 0 heterocycles. The van der Waals surface area contributed by atoms with Gasteiger partial charge in [0.05, 0.1) is 12.7 Å². The van der Waals surface area contributed by atoms with Crippen molar-refractivity contribution in [2.75, 3.05) is 7.11 Å². The molecule has 0 atom stereocenters. The standard InChI is InChI=1S/C15H12ClFO2S/c1-19-15(18)13-6-5-10(7-14(13)17)9-20-12-4-2-3-11(16)8-12/h2-8H,9H2,1H3. The van der Waals surface area contributed by atoms with Crippen molar-refractivity contribution in [3.8, 4) is 0 Å². The van der Waals surface area contributed by atoms with Gasteiger partial charge in [-0.2, -0.15) is 0 Å². The Bertz CT molecular complexity index is 631. The molecule has 0 amide bonds. The molecule has 2 rings (SSSR count). The van der Waals surface area contributed by atoms with Crippen molar-refractivity contribution < 1.29 is 13.9 Å². The number of carbonyl (C=O) groups excluding carboxylic acids is 1. The average molecular weight is 311 g/mol. The summed E-state index contributed by atoms with van der Waals surface area (Å²) in [6.45, 7) is 0. The Labute approximate surface area is 125 Å². The lowest BCUT2D eigenvalue weighted by atomic mass is 10.1. The van der Waals surface area contributed by atoms with Gasteiger partial charge in [0, 0.05) is 15.7 Å². The first-order valence-corrected chi connectivity index (χ1v) is 7.21. The zero-order valence-corrected chi connectivity index (χ0v) is 12.3. The third kappa shape index (κ3) is 3.74. The van der Waals surface area contributed by atoms with Gasteiger partial charge in [-0.25, -0.2) is 9.18 Å². The Morgan fingerprint density at radius 2 is 2.10 bits per heavy atom. The van der Waals surface area contributed by atoms with Crippen LogP contribution in [0.25, 0.3) is 0 Å². The molecule has 104 valence electrons. The minimum absolute atomic E-state index is 0.0518. The van der Waals surface area contributed by atoms with Crippen LogP contribution in [0.1, 0.15) is 15.9 Å². The second-order valence-corrected chi connectivity index (χ2v) is 5.54. The van der Waals surface area contributed by atoms with Gasteiger partial charge in [0.2, 0.25) is 0 Å². The molecule has 2 nitrogen and oxygen atoms in total. The molecule has 0 spiro atoms. The zero-order chi connectivity index (χ0) is 14.5. The van der Waals surface area contributed by atoms with E-state index in [0.29, 0.717) is 10.8 Å². The highest BCUT2D eigenvalue weighted by Gasteiger charge is 2.12. The van der Waals surface area contributed by atoms with Gasteiger partial charge in [-0.05, 0) is 35.9 Å². The summed E-state index contributed by atoms with van der Waals surface area (Å²) in [4.78, 5) is 12.3. The lowest BCUT2D eigenvalue weighted by Gasteiger charge is -2.05. The largest absolute Gasteiger partial charge is 0.465 e. The van der Waals surface area contributed by atoms with E-state index in [1.165, 1.54) is 19.2 Å². The van der Waals surface area contributed by atoms with Crippen molar-refractivity contribution >= 4 is 29.3 Å². The fourth-order valence-electron chi connectivity index (χ4n) is 1.65. The molecule has 0 aliphatic heterocycles. The molecule has 0 aromatic heterocycles. The Hall–Kier alpha value is -1.52. The molecule has 0 aliphatic carbocycles. The number of thioether (sulfide) groups is 1. The van der Waals surface area contributed by atoms with E-state index >= 15 is 0 Å². The van der Waals surface area contributed by atoms with Crippen LogP contribution in [0.4, 0.5) is 4.39 Å². The Kier molecular flexibility index (Phi) is 5.04. The number of halogens is 2. The smallest absolute Gasteiger partial charge is 0.340 e. The van der Waals surface area contributed by atoms with Crippen LogP contribution in [0.2, 0.25) is 5.02 Å². The molecule has 0 saturated heterocycles. The fourth-order valence-corrected chi connectivity index (χ4v) is 2.80. The topological polar surface area (TPSA) is 26.3 Å². The summed E-state index contributed by atoms with van der Waals surface area (Å²) < 4.78 is 18.2. The van der Waals surface area contributed by atoms with Crippen molar-refractivity contribution in [1.29, 1.82) is 0 Å². The van der Waals surface area contributed by atoms with Crippen LogP contribution in [-0.4, -0.2) is 13.1 Å². The van der Waals surface area contributed by atoms with E-state index in [4.69, 9.17) is 11.6 Å². The number of benzene rings is 2. The molecule has 0 N–H and O–H groups in total. The first-order valence-electron chi connectivity index (χ1n) is 5.85. The first-order chi connectivity index (χ1) is 9.60. The van der Waals surface area contributed by atoms with Crippen LogP contribution < -0.4 is 0 Å². The molecular formula is C15H12ClFO2S. The van der Waals surface area contributed by atoms with Crippen molar-refractivity contribution in [3.05, 3.63) is 64.4 Å². The maximum atomic E-state index is 13.7. The van der Waals surface area contributed by atoms with E-state index in [0.717, 1.165) is 10.5 Å². The predicted octanol–water partition coefficient (Wildman–Crippen LogP) is 4.56. The van der Waals surface area contributed by atoms with Crippen LogP contribution in [-0.2, 0) is 10.5 Å². The van der Waals surface area contributed by atoms with Crippen LogP contribution >= 0.6 is 23.4 Å². The van der Waals surface area contributed by atoms with Gasteiger partial charge in [0.25, 0.3) is 0 Å². The molecule has 20 heavy (non-hydrogen) atoms. The van der Waals surface area contributed by atoms with Crippen LogP contribution in [0.5, 0.6) is 0 Å². The minimum Gasteiger partial charge on any atom is -0.465 e. The van der Waals surface area contributed by atoms with Crippen molar-refractivity contribution in [1.82, 2.24) is 0 Å². The molecule has 0 aliphatic rings. The number of carbonyl (C=O) groups is 1. The highest BCUT2D eigenvalue weighted by molar-refractivity contribution is 7.98. The number of rotatable bonds is 4. The van der Waals surface area contributed by atoms with Crippen molar-refractivity contribution in [2.24, 2.45) is 0 Å². The highest BCUT2D eigenvalue weighted by atomic mass is 35.5. The number of methoxy groups -OCH3 is 1. The van der Waals surface area contributed by atoms with Gasteiger partial charge < -0.3 is 4.74 Å². The highest BCUT2D eigenvalue weighted by Crippen LogP contribution is 2.26. The van der Waals surface area contributed by atoms with E-state index in [2.05, 4.69) is 4.74 Å². The molecule has 2 aromatic rings. The number of hydrogen-bond donors (Lipinski definition) is 0. The molecule has 0 saturated carbocycles. The minimum atomic E-state index is -0.670. The molecular weight excluding hydrogens is 299 g/mol. The third-order valence-electron chi connectivity index (χ3n) is 2.64. The SMILES string of the molecule is COC(=O)c1ccc(CSc2cccc(Cl)c2)cc1F. The van der Waals surface area contributed by atoms with Gasteiger partial charge in [0.1, 0.15) is 5.82 Å². The molecule has 0 bridgehead atoms. The van der Waals surface area contributed by atoms with E-state index < -0.39 is 11.8 Å². The first kappa shape index (κ1) is 14.9. The average Bonchev–Trinajstić information content (AvgIpc) is 2.44. The Morgan fingerprint density at radius 1 is 1.30 bits per heavy atom. The van der Waals surface area contributed by atoms with Crippen molar-refractivity contribution in [3.63, 3.8) is 0 Å². The number of hydrogen-bond acceptors (Lipinski definition) is 3. The number of esters is 1. The maximum Gasteiger partial charge on any atom is 0.340 e. The quantitative estimate of drug-likeness (QED) is 0.612. The van der Waals surface area contributed by atoms with E-state index in [9.17, 15) is 9.18 Å². The lowest BCUT2D eigenvalue weighted by molar-refractivity contribution is 0.0595. The fraction of sp³-hybridized carbons (Fsp3) is 0.133. The summed E-state index contributed by atoms with van der Waals surface area (Å²) in [5.74, 6) is -0.642. The zero-order valence-electron chi connectivity index (χ0n) is 10.7. The van der Waals surface area contributed by atoms with Crippen LogP contribution in [0.15, 0.2) is 47.4 Å². The summed E-state index contributed by atoms with van der Waals surface area (Å²) in [5.41, 5.74) is 0.740. The van der Waals surface area contributed by atoms with Gasteiger partial charge in [-0.1, -0.05) is 23.7 Å². The van der Waals surface area contributed by atoms with Gasteiger partial charge >= 0.3 is 5.97 Å². The summed E-state index contributed by atoms with van der Waals surface area (Å²) in [6.07, 6.45) is 0. The molecule has 5 heteroatoms. The molecule has 0 unspecified atom stereocenters. The normalized spacial score (nSPS) is 10.3. The van der Waals surface area contributed by atoms with Crippen LogP contribution in [0, 0.1) is 5.82 Å². The van der Waals surface area contributed by atoms with E-state index in [1.54, 1.807) is 23.9 Å². The maximum absolute atomic E-state index is 13.7. The lowest BCUT2D eigenvalue weighted by Crippen LogP contribution is -2.04. The van der Waals surface area contributed by atoms with Gasteiger partial charge in [-0.3, -0.25) is 0 Å². The summed E-state index contributed by atoms with van der Waals surface area (Å²) in [6, 6.07) is 12.0. The second kappa shape index (κ2) is 6.77. The Balaban J connectivity index is 2.07. The summed E-state index contributed by atoms with van der Waals surface area (Å²) >= 11 is 7.45. The molecule has 2 aromatic carbocycles. The Morgan fingerprint density at radius 3 is 2.75 bits per heavy atom. The molecule has 0 fully saturated rings. The van der Waals surface area contributed by atoms with Gasteiger partial charge in [0.15, 0.2) is 0 Å². The third-order valence-corrected chi connectivity index (χ3v) is 3.94. The van der Waals surface area contributed by atoms with Gasteiger partial charge in [-0.15, -0.1) is 11.8 Å². The van der Waals surface area contributed by atoms with E-state index in [1.807, 2.05) is 18.2 Å². The summed E-state index contributed by atoms with van der Waals surface area (Å²) in [5, 5.41) is 0.669.